The molecular formula is C12H11F3N2O2. The van der Waals surface area contributed by atoms with E-state index in [2.05, 4.69) is 11.9 Å². The molecule has 0 saturated carbocycles. The highest BCUT2D eigenvalue weighted by Gasteiger charge is 2.38. The monoisotopic (exact) mass is 272 g/mol. The average Bonchev–Trinajstić information content (AvgIpc) is 2.36. The van der Waals surface area contributed by atoms with Gasteiger partial charge in [0.05, 0.1) is 0 Å². The topological polar surface area (TPSA) is 58.2 Å². The molecule has 2 N–H and O–H groups in total. The van der Waals surface area contributed by atoms with Gasteiger partial charge in [-0.2, -0.15) is 13.2 Å². The lowest BCUT2D eigenvalue weighted by atomic mass is 10.2. The van der Waals surface area contributed by atoms with Crippen molar-refractivity contribution in [3.05, 3.63) is 42.5 Å². The SMILES string of the molecule is C=CC(=O)NCc1ccc(NC(=O)C(F)(F)F)cc1. The highest BCUT2D eigenvalue weighted by molar-refractivity contribution is 5.94. The van der Waals surface area contributed by atoms with E-state index in [4.69, 9.17) is 0 Å². The number of benzene rings is 1. The van der Waals surface area contributed by atoms with Gasteiger partial charge in [0.2, 0.25) is 5.91 Å². The fourth-order valence-electron chi connectivity index (χ4n) is 1.17. The van der Waals surface area contributed by atoms with Gasteiger partial charge in [-0.25, -0.2) is 0 Å². The van der Waals surface area contributed by atoms with Crippen LogP contribution in [-0.4, -0.2) is 18.0 Å². The van der Waals surface area contributed by atoms with Crippen LogP contribution in [0.2, 0.25) is 0 Å². The van der Waals surface area contributed by atoms with Crippen LogP contribution in [0.25, 0.3) is 0 Å². The summed E-state index contributed by atoms with van der Waals surface area (Å²) in [4.78, 5) is 21.6. The highest BCUT2D eigenvalue weighted by Crippen LogP contribution is 2.18. The Hall–Kier alpha value is -2.31. The Kier molecular flexibility index (Phi) is 4.68. The quantitative estimate of drug-likeness (QED) is 0.823. The van der Waals surface area contributed by atoms with E-state index in [0.717, 1.165) is 6.08 Å². The molecule has 0 saturated heterocycles. The molecule has 0 fully saturated rings. The zero-order chi connectivity index (χ0) is 14.5. The minimum atomic E-state index is -4.92. The first-order chi connectivity index (χ1) is 8.82. The van der Waals surface area contributed by atoms with Gasteiger partial charge in [0.1, 0.15) is 0 Å². The summed E-state index contributed by atoms with van der Waals surface area (Å²) >= 11 is 0. The summed E-state index contributed by atoms with van der Waals surface area (Å²) < 4.78 is 36.0. The van der Waals surface area contributed by atoms with Gasteiger partial charge in [-0.05, 0) is 23.8 Å². The maximum Gasteiger partial charge on any atom is 0.471 e. The lowest BCUT2D eigenvalue weighted by Crippen LogP contribution is -2.29. The van der Waals surface area contributed by atoms with E-state index in [9.17, 15) is 22.8 Å². The highest BCUT2D eigenvalue weighted by atomic mass is 19.4. The molecule has 0 bridgehead atoms. The van der Waals surface area contributed by atoms with Crippen LogP contribution >= 0.6 is 0 Å². The first kappa shape index (κ1) is 14.7. The lowest BCUT2D eigenvalue weighted by Gasteiger charge is -2.08. The second-order valence-electron chi connectivity index (χ2n) is 3.57. The molecule has 1 rings (SSSR count). The maximum absolute atomic E-state index is 12.0. The molecule has 0 radical (unpaired) electrons. The third-order valence-corrected chi connectivity index (χ3v) is 2.12. The summed E-state index contributed by atoms with van der Waals surface area (Å²) in [5, 5.41) is 4.23. The second kappa shape index (κ2) is 6.03. The van der Waals surface area contributed by atoms with Gasteiger partial charge >= 0.3 is 12.1 Å². The Bertz CT molecular complexity index is 481. The van der Waals surface area contributed by atoms with Crippen molar-refractivity contribution in [2.24, 2.45) is 0 Å². The average molecular weight is 272 g/mol. The van der Waals surface area contributed by atoms with Gasteiger partial charge in [0.25, 0.3) is 0 Å². The van der Waals surface area contributed by atoms with Crippen LogP contribution in [0.4, 0.5) is 18.9 Å². The molecule has 102 valence electrons. The van der Waals surface area contributed by atoms with Gasteiger partial charge in [-0.3, -0.25) is 9.59 Å². The Morgan fingerprint density at radius 3 is 2.26 bits per heavy atom. The fraction of sp³-hybridized carbons (Fsp3) is 0.167. The molecule has 19 heavy (non-hydrogen) atoms. The Morgan fingerprint density at radius 2 is 1.79 bits per heavy atom. The van der Waals surface area contributed by atoms with Gasteiger partial charge in [0.15, 0.2) is 0 Å². The molecule has 0 aromatic heterocycles. The standard InChI is InChI=1S/C12H11F3N2O2/c1-2-10(18)16-7-8-3-5-9(6-4-8)17-11(19)12(13,14)15/h2-6H,1,7H2,(H,16,18)(H,17,19). The van der Waals surface area contributed by atoms with E-state index in [1.807, 2.05) is 0 Å². The van der Waals surface area contributed by atoms with Crippen molar-refractivity contribution in [2.75, 3.05) is 5.32 Å². The number of nitrogens with one attached hydrogen (secondary N) is 2. The molecule has 1 aromatic carbocycles. The number of hydrogen-bond acceptors (Lipinski definition) is 2. The summed E-state index contributed by atoms with van der Waals surface area (Å²) in [5.41, 5.74) is 0.710. The van der Waals surface area contributed by atoms with Crippen molar-refractivity contribution in [2.45, 2.75) is 12.7 Å². The van der Waals surface area contributed by atoms with E-state index in [1.54, 1.807) is 5.32 Å². The molecule has 0 atom stereocenters. The molecule has 0 aliphatic heterocycles. The van der Waals surface area contributed by atoms with Crippen molar-refractivity contribution in [3.8, 4) is 0 Å². The number of rotatable bonds is 4. The summed E-state index contributed by atoms with van der Waals surface area (Å²) in [7, 11) is 0. The van der Waals surface area contributed by atoms with Gasteiger partial charge in [-0.1, -0.05) is 18.7 Å². The van der Waals surface area contributed by atoms with Gasteiger partial charge < -0.3 is 10.6 Å². The number of alkyl halides is 3. The maximum atomic E-state index is 12.0. The van der Waals surface area contributed by atoms with Crippen molar-refractivity contribution in [1.29, 1.82) is 0 Å². The predicted molar refractivity (Wildman–Crippen MR) is 63.2 cm³/mol. The minimum absolute atomic E-state index is 0.0288. The van der Waals surface area contributed by atoms with Crippen LogP contribution in [0, 0.1) is 0 Å². The third-order valence-electron chi connectivity index (χ3n) is 2.12. The third kappa shape index (κ3) is 4.82. The molecule has 1 aromatic rings. The van der Waals surface area contributed by atoms with Crippen LogP contribution in [0.3, 0.4) is 0 Å². The fourth-order valence-corrected chi connectivity index (χ4v) is 1.17. The number of anilines is 1. The first-order valence-corrected chi connectivity index (χ1v) is 5.20. The van der Waals surface area contributed by atoms with Crippen LogP contribution in [0.1, 0.15) is 5.56 Å². The number of carbonyl (C=O) groups is 2. The largest absolute Gasteiger partial charge is 0.471 e. The number of hydrogen-bond donors (Lipinski definition) is 2. The lowest BCUT2D eigenvalue weighted by molar-refractivity contribution is -0.167. The number of carbonyl (C=O) groups excluding carboxylic acids is 2. The van der Waals surface area contributed by atoms with Crippen LogP contribution in [0.15, 0.2) is 36.9 Å². The smallest absolute Gasteiger partial charge is 0.348 e. The first-order valence-electron chi connectivity index (χ1n) is 5.20. The minimum Gasteiger partial charge on any atom is -0.348 e. The number of halogens is 3. The molecule has 4 nitrogen and oxygen atoms in total. The van der Waals surface area contributed by atoms with Crippen molar-refractivity contribution < 1.29 is 22.8 Å². The summed E-state index contributed by atoms with van der Waals surface area (Å²) in [6.45, 7) is 3.50. The van der Waals surface area contributed by atoms with E-state index in [0.29, 0.717) is 5.56 Å². The van der Waals surface area contributed by atoms with E-state index in [-0.39, 0.29) is 18.1 Å². The summed E-state index contributed by atoms with van der Waals surface area (Å²) in [5.74, 6) is -2.38. The molecule has 0 aliphatic carbocycles. The zero-order valence-electron chi connectivity index (χ0n) is 9.75. The molecule has 7 heteroatoms. The molecule has 0 spiro atoms. The van der Waals surface area contributed by atoms with Crippen molar-refractivity contribution in [1.82, 2.24) is 5.32 Å². The number of amides is 2. The van der Waals surface area contributed by atoms with E-state index < -0.39 is 12.1 Å². The molecule has 0 unspecified atom stereocenters. The van der Waals surface area contributed by atoms with Crippen LogP contribution in [-0.2, 0) is 16.1 Å². The molecule has 0 heterocycles. The van der Waals surface area contributed by atoms with Crippen LogP contribution in [0.5, 0.6) is 0 Å². The van der Waals surface area contributed by atoms with Crippen LogP contribution < -0.4 is 10.6 Å². The van der Waals surface area contributed by atoms with Gasteiger partial charge in [0, 0.05) is 12.2 Å². The molecule has 0 aliphatic rings. The zero-order valence-corrected chi connectivity index (χ0v) is 9.75. The summed E-state index contributed by atoms with van der Waals surface area (Å²) in [6.07, 6.45) is -3.81. The molecular weight excluding hydrogens is 261 g/mol. The Balaban J connectivity index is 2.59. The van der Waals surface area contributed by atoms with E-state index >= 15 is 0 Å². The predicted octanol–water partition coefficient (Wildman–Crippen LogP) is 1.99. The van der Waals surface area contributed by atoms with E-state index in [1.165, 1.54) is 24.3 Å². The molecule has 2 amide bonds. The Morgan fingerprint density at radius 1 is 1.21 bits per heavy atom. The van der Waals surface area contributed by atoms with Crippen molar-refractivity contribution in [3.63, 3.8) is 0 Å². The summed E-state index contributed by atoms with van der Waals surface area (Å²) in [6, 6.07) is 5.63. The van der Waals surface area contributed by atoms with Crippen molar-refractivity contribution >= 4 is 17.5 Å². The van der Waals surface area contributed by atoms with Gasteiger partial charge in [-0.15, -0.1) is 0 Å². The second-order valence-corrected chi connectivity index (χ2v) is 3.57. The normalized spacial score (nSPS) is 10.7. The Labute approximate surface area is 107 Å².